The average molecular weight is 409 g/mol. The van der Waals surface area contributed by atoms with Crippen LogP contribution in [0.3, 0.4) is 0 Å². The lowest BCUT2D eigenvalue weighted by molar-refractivity contribution is -0.122. The summed E-state index contributed by atoms with van der Waals surface area (Å²) in [6.45, 7) is 2.09. The molecule has 3 rings (SSSR count). The Morgan fingerprint density at radius 2 is 1.96 bits per heavy atom. The average Bonchev–Trinajstić information content (AvgIpc) is 3.20. The standard InChI is InChI=1S/C17H20N4O4S2/c1-11-10-26-17(18-11)19-16(23)12-8-15(22)21(9-12)13-4-6-14(7-5-13)27(24,25)20(2)3/h4-7,10,12H,8-9H2,1-3H3,(H,18,19,23)/t12-/m1/s1. The van der Waals surface area contributed by atoms with E-state index in [-0.39, 0.29) is 29.7 Å². The Kier molecular flexibility index (Phi) is 5.31. The minimum Gasteiger partial charge on any atom is -0.312 e. The molecule has 2 aromatic rings. The summed E-state index contributed by atoms with van der Waals surface area (Å²) in [6.07, 6.45) is 0.105. The molecule has 1 aliphatic heterocycles. The third-order valence-corrected chi connectivity index (χ3v) is 6.98. The molecule has 1 atom stereocenters. The molecule has 1 N–H and O–H groups in total. The molecule has 0 unspecified atom stereocenters. The Balaban J connectivity index is 1.71. The maximum atomic E-state index is 12.4. The van der Waals surface area contributed by atoms with Crippen LogP contribution in [0, 0.1) is 12.8 Å². The maximum absolute atomic E-state index is 12.4. The van der Waals surface area contributed by atoms with Crippen LogP contribution in [0.4, 0.5) is 10.8 Å². The molecule has 2 amide bonds. The lowest BCUT2D eigenvalue weighted by atomic mass is 10.1. The van der Waals surface area contributed by atoms with Crippen LogP contribution in [0.5, 0.6) is 0 Å². The van der Waals surface area contributed by atoms with E-state index in [4.69, 9.17) is 0 Å². The minimum atomic E-state index is -3.53. The first-order chi connectivity index (χ1) is 12.7. The SMILES string of the molecule is Cc1csc(NC(=O)[C@@H]2CC(=O)N(c3ccc(S(=O)(=O)N(C)C)cc3)C2)n1. The molecule has 1 fully saturated rings. The van der Waals surface area contributed by atoms with E-state index in [0.717, 1.165) is 10.00 Å². The number of hydrogen-bond donors (Lipinski definition) is 1. The van der Waals surface area contributed by atoms with Crippen molar-refractivity contribution in [3.63, 3.8) is 0 Å². The van der Waals surface area contributed by atoms with Crippen molar-refractivity contribution in [1.82, 2.24) is 9.29 Å². The topological polar surface area (TPSA) is 99.7 Å². The van der Waals surface area contributed by atoms with Gasteiger partial charge in [0.15, 0.2) is 5.13 Å². The molecular formula is C17H20N4O4S2. The Bertz CT molecular complexity index is 967. The molecule has 1 aromatic carbocycles. The van der Waals surface area contributed by atoms with E-state index in [0.29, 0.717) is 10.8 Å². The van der Waals surface area contributed by atoms with Gasteiger partial charge in [0.2, 0.25) is 21.8 Å². The van der Waals surface area contributed by atoms with Crippen LogP contribution in [-0.4, -0.2) is 50.2 Å². The van der Waals surface area contributed by atoms with Gasteiger partial charge in [-0.2, -0.15) is 0 Å². The number of nitrogens with one attached hydrogen (secondary N) is 1. The summed E-state index contributed by atoms with van der Waals surface area (Å²) in [5.41, 5.74) is 1.39. The van der Waals surface area contributed by atoms with E-state index in [9.17, 15) is 18.0 Å². The van der Waals surface area contributed by atoms with Crippen molar-refractivity contribution >= 4 is 44.0 Å². The number of aryl methyl sites for hydroxylation is 1. The molecule has 0 aliphatic carbocycles. The predicted octanol–water partition coefficient (Wildman–Crippen LogP) is 1.69. The van der Waals surface area contributed by atoms with Gasteiger partial charge in [-0.15, -0.1) is 11.3 Å². The summed E-state index contributed by atoms with van der Waals surface area (Å²) in [4.78, 5) is 30.6. The highest BCUT2D eigenvalue weighted by Crippen LogP contribution is 2.28. The number of carbonyl (C=O) groups is 2. The zero-order valence-electron chi connectivity index (χ0n) is 15.2. The van der Waals surface area contributed by atoms with Gasteiger partial charge in [0.05, 0.1) is 16.5 Å². The van der Waals surface area contributed by atoms with Crippen LogP contribution < -0.4 is 10.2 Å². The van der Waals surface area contributed by atoms with E-state index in [2.05, 4.69) is 10.3 Å². The van der Waals surface area contributed by atoms with Gasteiger partial charge in [0.1, 0.15) is 0 Å². The summed E-state index contributed by atoms with van der Waals surface area (Å²) < 4.78 is 25.4. The molecule has 8 nitrogen and oxygen atoms in total. The molecule has 10 heteroatoms. The summed E-state index contributed by atoms with van der Waals surface area (Å²) in [5, 5.41) is 5.10. The zero-order chi connectivity index (χ0) is 19.8. The second-order valence-corrected chi connectivity index (χ2v) is 9.48. The monoisotopic (exact) mass is 408 g/mol. The van der Waals surface area contributed by atoms with Gasteiger partial charge < -0.3 is 10.2 Å². The van der Waals surface area contributed by atoms with Crippen molar-refractivity contribution < 1.29 is 18.0 Å². The second kappa shape index (κ2) is 7.37. The Labute approximate surface area is 161 Å². The first-order valence-corrected chi connectivity index (χ1v) is 10.6. The lowest BCUT2D eigenvalue weighted by Crippen LogP contribution is -2.28. The van der Waals surface area contributed by atoms with E-state index in [1.165, 1.54) is 42.5 Å². The van der Waals surface area contributed by atoms with Gasteiger partial charge in [-0.25, -0.2) is 17.7 Å². The van der Waals surface area contributed by atoms with E-state index < -0.39 is 15.9 Å². The van der Waals surface area contributed by atoms with Gasteiger partial charge >= 0.3 is 0 Å². The number of hydrogen-bond acceptors (Lipinski definition) is 6. The second-order valence-electron chi connectivity index (χ2n) is 6.47. The maximum Gasteiger partial charge on any atom is 0.242 e. The molecule has 2 heterocycles. The van der Waals surface area contributed by atoms with E-state index >= 15 is 0 Å². The highest BCUT2D eigenvalue weighted by Gasteiger charge is 2.35. The molecule has 1 aliphatic rings. The Hall–Kier alpha value is -2.30. The highest BCUT2D eigenvalue weighted by molar-refractivity contribution is 7.89. The quantitative estimate of drug-likeness (QED) is 0.812. The molecule has 0 saturated carbocycles. The summed E-state index contributed by atoms with van der Waals surface area (Å²) in [5.74, 6) is -0.896. The predicted molar refractivity (Wildman–Crippen MR) is 103 cm³/mol. The van der Waals surface area contributed by atoms with Gasteiger partial charge in [-0.05, 0) is 31.2 Å². The number of thiazole rings is 1. The molecule has 0 spiro atoms. The molecule has 1 aromatic heterocycles. The van der Waals surface area contributed by atoms with Crippen molar-refractivity contribution in [2.75, 3.05) is 30.9 Å². The molecular weight excluding hydrogens is 388 g/mol. The lowest BCUT2D eigenvalue weighted by Gasteiger charge is -2.18. The minimum absolute atomic E-state index is 0.105. The number of benzene rings is 1. The van der Waals surface area contributed by atoms with Crippen LogP contribution >= 0.6 is 11.3 Å². The number of rotatable bonds is 5. The van der Waals surface area contributed by atoms with Crippen LogP contribution in [0.25, 0.3) is 0 Å². The van der Waals surface area contributed by atoms with Crippen molar-refractivity contribution in [2.24, 2.45) is 5.92 Å². The van der Waals surface area contributed by atoms with Crippen molar-refractivity contribution in [1.29, 1.82) is 0 Å². The number of sulfonamides is 1. The number of anilines is 2. The fourth-order valence-electron chi connectivity index (χ4n) is 2.76. The third kappa shape index (κ3) is 4.02. The Morgan fingerprint density at radius 3 is 2.52 bits per heavy atom. The van der Waals surface area contributed by atoms with Gasteiger partial charge in [-0.1, -0.05) is 0 Å². The van der Waals surface area contributed by atoms with Crippen molar-refractivity contribution in [3.8, 4) is 0 Å². The van der Waals surface area contributed by atoms with E-state index in [1.807, 2.05) is 12.3 Å². The largest absolute Gasteiger partial charge is 0.312 e. The van der Waals surface area contributed by atoms with Crippen LogP contribution in [-0.2, 0) is 19.6 Å². The van der Waals surface area contributed by atoms with Crippen LogP contribution in [0.1, 0.15) is 12.1 Å². The first kappa shape index (κ1) is 19.5. The molecule has 27 heavy (non-hydrogen) atoms. The molecule has 0 bridgehead atoms. The molecule has 144 valence electrons. The van der Waals surface area contributed by atoms with Crippen molar-refractivity contribution in [3.05, 3.63) is 35.3 Å². The van der Waals surface area contributed by atoms with Crippen molar-refractivity contribution in [2.45, 2.75) is 18.2 Å². The Morgan fingerprint density at radius 1 is 1.30 bits per heavy atom. The smallest absolute Gasteiger partial charge is 0.242 e. The van der Waals surface area contributed by atoms with E-state index in [1.54, 1.807) is 12.1 Å². The fourth-order valence-corrected chi connectivity index (χ4v) is 4.35. The number of aromatic nitrogens is 1. The summed E-state index contributed by atoms with van der Waals surface area (Å²) >= 11 is 1.34. The van der Waals surface area contributed by atoms with Gasteiger partial charge in [0, 0.05) is 38.1 Å². The van der Waals surface area contributed by atoms with Gasteiger partial charge in [-0.3, -0.25) is 9.59 Å². The zero-order valence-corrected chi connectivity index (χ0v) is 16.8. The first-order valence-electron chi connectivity index (χ1n) is 8.24. The highest BCUT2D eigenvalue weighted by atomic mass is 32.2. The number of nitrogens with zero attached hydrogens (tertiary/aromatic N) is 3. The number of amides is 2. The van der Waals surface area contributed by atoms with Crippen LogP contribution in [0.15, 0.2) is 34.5 Å². The fraction of sp³-hybridized carbons (Fsp3) is 0.353. The normalized spacial score (nSPS) is 17.6. The molecule has 0 radical (unpaired) electrons. The summed E-state index contributed by atoms with van der Waals surface area (Å²) in [6, 6.07) is 6.09. The van der Waals surface area contributed by atoms with Crippen LogP contribution in [0.2, 0.25) is 0 Å². The third-order valence-electron chi connectivity index (χ3n) is 4.27. The summed E-state index contributed by atoms with van der Waals surface area (Å²) in [7, 11) is -0.610. The number of carbonyl (C=O) groups excluding carboxylic acids is 2. The van der Waals surface area contributed by atoms with Gasteiger partial charge in [0.25, 0.3) is 0 Å². The molecule has 1 saturated heterocycles.